The third kappa shape index (κ3) is 4.14. The molecule has 1 N–H and O–H groups in total. The van der Waals surface area contributed by atoms with Gasteiger partial charge in [-0.15, -0.1) is 0 Å². The number of ether oxygens (including phenoxy) is 1. The number of thioether (sulfide) groups is 1. The SMILES string of the molecule is CCOC(=O)c1ccc(NC2CCCSC2)c(Br)c1. The van der Waals surface area contributed by atoms with Gasteiger partial charge in [-0.2, -0.15) is 11.8 Å². The molecule has 1 unspecified atom stereocenters. The Morgan fingerprint density at radius 3 is 3.05 bits per heavy atom. The molecule has 0 aromatic heterocycles. The van der Waals surface area contributed by atoms with E-state index in [-0.39, 0.29) is 5.97 Å². The Hall–Kier alpha value is -0.680. The zero-order valence-corrected chi connectivity index (χ0v) is 13.4. The van der Waals surface area contributed by atoms with Crippen molar-refractivity contribution in [2.24, 2.45) is 0 Å². The number of carbonyl (C=O) groups is 1. The van der Waals surface area contributed by atoms with Crippen molar-refractivity contribution < 1.29 is 9.53 Å². The van der Waals surface area contributed by atoms with Crippen LogP contribution in [0.4, 0.5) is 5.69 Å². The van der Waals surface area contributed by atoms with Crippen LogP contribution >= 0.6 is 27.7 Å². The number of nitrogens with one attached hydrogen (secondary N) is 1. The fraction of sp³-hybridized carbons (Fsp3) is 0.500. The molecule has 3 nitrogen and oxygen atoms in total. The van der Waals surface area contributed by atoms with E-state index in [1.54, 1.807) is 6.07 Å². The first-order chi connectivity index (χ1) is 9.20. The Morgan fingerprint density at radius 1 is 1.58 bits per heavy atom. The molecule has 0 spiro atoms. The van der Waals surface area contributed by atoms with Crippen molar-refractivity contribution in [2.75, 3.05) is 23.4 Å². The average molecular weight is 344 g/mol. The molecule has 1 aromatic rings. The maximum Gasteiger partial charge on any atom is 0.338 e. The first-order valence-corrected chi connectivity index (χ1v) is 8.46. The van der Waals surface area contributed by atoms with Crippen molar-refractivity contribution >= 4 is 39.3 Å². The van der Waals surface area contributed by atoms with Gasteiger partial charge >= 0.3 is 5.97 Å². The third-order valence-corrected chi connectivity index (χ3v) is 4.87. The van der Waals surface area contributed by atoms with E-state index < -0.39 is 0 Å². The summed E-state index contributed by atoms with van der Waals surface area (Å²) in [6.45, 7) is 2.21. The van der Waals surface area contributed by atoms with Crippen LogP contribution in [0.25, 0.3) is 0 Å². The molecule has 2 rings (SSSR count). The molecule has 0 aliphatic carbocycles. The topological polar surface area (TPSA) is 38.3 Å². The summed E-state index contributed by atoms with van der Waals surface area (Å²) in [4.78, 5) is 11.6. The zero-order valence-electron chi connectivity index (χ0n) is 10.9. The predicted octanol–water partition coefficient (Wildman–Crippen LogP) is 3.93. The molecule has 0 amide bonds. The van der Waals surface area contributed by atoms with Crippen LogP contribution in [0.5, 0.6) is 0 Å². The van der Waals surface area contributed by atoms with E-state index in [1.807, 2.05) is 30.8 Å². The highest BCUT2D eigenvalue weighted by Gasteiger charge is 2.15. The minimum atomic E-state index is -0.275. The standard InChI is InChI=1S/C14H18BrNO2S/c1-2-18-14(17)10-5-6-13(12(15)8-10)16-11-4-3-7-19-9-11/h5-6,8,11,16H,2-4,7,9H2,1H3. The highest BCUT2D eigenvalue weighted by atomic mass is 79.9. The van der Waals surface area contributed by atoms with Gasteiger partial charge in [-0.25, -0.2) is 4.79 Å². The molecular formula is C14H18BrNO2S. The molecule has 0 saturated carbocycles. The lowest BCUT2D eigenvalue weighted by Crippen LogP contribution is -2.25. The van der Waals surface area contributed by atoms with E-state index in [1.165, 1.54) is 18.6 Å². The van der Waals surface area contributed by atoms with E-state index >= 15 is 0 Å². The molecule has 1 aliphatic heterocycles. The van der Waals surface area contributed by atoms with E-state index in [0.717, 1.165) is 15.9 Å². The molecule has 19 heavy (non-hydrogen) atoms. The maximum atomic E-state index is 11.6. The van der Waals surface area contributed by atoms with Crippen LogP contribution in [-0.2, 0) is 4.74 Å². The third-order valence-electron chi connectivity index (χ3n) is 3.00. The highest BCUT2D eigenvalue weighted by molar-refractivity contribution is 9.10. The Kier molecular flexibility index (Phi) is 5.58. The molecule has 104 valence electrons. The monoisotopic (exact) mass is 343 g/mol. The van der Waals surface area contributed by atoms with Gasteiger partial charge in [-0.1, -0.05) is 0 Å². The first-order valence-electron chi connectivity index (χ1n) is 6.51. The first kappa shape index (κ1) is 14.7. The molecule has 1 atom stereocenters. The second-order valence-corrected chi connectivity index (χ2v) is 6.48. The van der Waals surface area contributed by atoms with Crippen LogP contribution in [0.3, 0.4) is 0 Å². The summed E-state index contributed by atoms with van der Waals surface area (Å²) in [7, 11) is 0. The van der Waals surface area contributed by atoms with Gasteiger partial charge in [-0.05, 0) is 59.6 Å². The summed E-state index contributed by atoms with van der Waals surface area (Å²) < 4.78 is 5.90. The smallest absolute Gasteiger partial charge is 0.338 e. The van der Waals surface area contributed by atoms with Crippen molar-refractivity contribution in [3.8, 4) is 0 Å². The molecule has 5 heteroatoms. The predicted molar refractivity (Wildman–Crippen MR) is 84.1 cm³/mol. The van der Waals surface area contributed by atoms with E-state index in [2.05, 4.69) is 21.2 Å². The van der Waals surface area contributed by atoms with Crippen molar-refractivity contribution in [1.29, 1.82) is 0 Å². The van der Waals surface area contributed by atoms with Gasteiger partial charge in [-0.3, -0.25) is 0 Å². The Balaban J connectivity index is 2.04. The Morgan fingerprint density at radius 2 is 2.42 bits per heavy atom. The normalized spacial score (nSPS) is 18.9. The molecule has 1 aromatic carbocycles. The molecule has 0 bridgehead atoms. The number of hydrogen-bond acceptors (Lipinski definition) is 4. The zero-order chi connectivity index (χ0) is 13.7. The second kappa shape index (κ2) is 7.20. The number of esters is 1. The summed E-state index contributed by atoms with van der Waals surface area (Å²) in [6.07, 6.45) is 2.47. The van der Waals surface area contributed by atoms with Crippen molar-refractivity contribution in [2.45, 2.75) is 25.8 Å². The van der Waals surface area contributed by atoms with Crippen molar-refractivity contribution in [1.82, 2.24) is 0 Å². The van der Waals surface area contributed by atoms with Crippen LogP contribution in [0.15, 0.2) is 22.7 Å². The second-order valence-electron chi connectivity index (χ2n) is 4.47. The Labute approximate surface area is 126 Å². The molecule has 1 fully saturated rings. The fourth-order valence-corrected chi connectivity index (χ4v) is 3.61. The van der Waals surface area contributed by atoms with Gasteiger partial charge < -0.3 is 10.1 Å². The van der Waals surface area contributed by atoms with Crippen LogP contribution in [0.1, 0.15) is 30.1 Å². The number of rotatable bonds is 4. The molecule has 1 aliphatic rings. The van der Waals surface area contributed by atoms with Crippen LogP contribution in [0, 0.1) is 0 Å². The number of carbonyl (C=O) groups excluding carboxylic acids is 1. The van der Waals surface area contributed by atoms with Crippen LogP contribution < -0.4 is 5.32 Å². The van der Waals surface area contributed by atoms with E-state index in [4.69, 9.17) is 4.74 Å². The van der Waals surface area contributed by atoms with Gasteiger partial charge in [0.15, 0.2) is 0 Å². The van der Waals surface area contributed by atoms with Gasteiger partial charge in [0.1, 0.15) is 0 Å². The molecule has 0 radical (unpaired) electrons. The molecule has 1 heterocycles. The lowest BCUT2D eigenvalue weighted by atomic mass is 10.1. The average Bonchev–Trinajstić information content (AvgIpc) is 2.42. The van der Waals surface area contributed by atoms with Crippen LogP contribution in [-0.4, -0.2) is 30.1 Å². The number of benzene rings is 1. The largest absolute Gasteiger partial charge is 0.462 e. The van der Waals surface area contributed by atoms with Gasteiger partial charge in [0.25, 0.3) is 0 Å². The minimum absolute atomic E-state index is 0.275. The van der Waals surface area contributed by atoms with Gasteiger partial charge in [0.2, 0.25) is 0 Å². The number of anilines is 1. The van der Waals surface area contributed by atoms with Crippen LogP contribution in [0.2, 0.25) is 0 Å². The summed E-state index contributed by atoms with van der Waals surface area (Å²) in [6, 6.07) is 6.08. The fourth-order valence-electron chi connectivity index (χ4n) is 2.05. The highest BCUT2D eigenvalue weighted by Crippen LogP contribution is 2.27. The van der Waals surface area contributed by atoms with Gasteiger partial charge in [0, 0.05) is 22.0 Å². The lowest BCUT2D eigenvalue weighted by Gasteiger charge is -2.24. The van der Waals surface area contributed by atoms with Crippen molar-refractivity contribution in [3.05, 3.63) is 28.2 Å². The summed E-state index contributed by atoms with van der Waals surface area (Å²) >= 11 is 5.51. The Bertz CT molecular complexity index is 447. The molecular weight excluding hydrogens is 326 g/mol. The van der Waals surface area contributed by atoms with E-state index in [9.17, 15) is 4.79 Å². The minimum Gasteiger partial charge on any atom is -0.462 e. The van der Waals surface area contributed by atoms with Gasteiger partial charge in [0.05, 0.1) is 12.2 Å². The van der Waals surface area contributed by atoms with E-state index in [0.29, 0.717) is 18.2 Å². The maximum absolute atomic E-state index is 11.6. The summed E-state index contributed by atoms with van der Waals surface area (Å²) in [5.41, 5.74) is 1.62. The summed E-state index contributed by atoms with van der Waals surface area (Å²) in [5.74, 6) is 2.13. The molecule has 1 saturated heterocycles. The lowest BCUT2D eigenvalue weighted by molar-refractivity contribution is 0.0526. The number of hydrogen-bond donors (Lipinski definition) is 1. The quantitative estimate of drug-likeness (QED) is 0.840. The van der Waals surface area contributed by atoms with Crippen molar-refractivity contribution in [3.63, 3.8) is 0 Å². The number of halogens is 1. The summed E-state index contributed by atoms with van der Waals surface area (Å²) in [5, 5.41) is 3.53.